The summed E-state index contributed by atoms with van der Waals surface area (Å²) >= 11 is 0. The summed E-state index contributed by atoms with van der Waals surface area (Å²) in [6.45, 7) is -0.615. The van der Waals surface area contributed by atoms with Crippen molar-refractivity contribution in [2.75, 3.05) is 6.61 Å². The lowest BCUT2D eigenvalue weighted by atomic mass is 10.0. The molecule has 19 heavy (non-hydrogen) atoms. The van der Waals surface area contributed by atoms with Crippen LogP contribution in [0.4, 0.5) is 4.39 Å². The Bertz CT molecular complexity index is 584. The summed E-state index contributed by atoms with van der Waals surface area (Å²) in [5.41, 5.74) is -2.25. The molecule has 5 N–H and O–H groups in total. The number of aliphatic hydroxyl groups is 4. The van der Waals surface area contributed by atoms with Gasteiger partial charge in [-0.3, -0.25) is 14.3 Å². The summed E-state index contributed by atoms with van der Waals surface area (Å²) in [6, 6.07) is -1.36. The molecule has 1 aliphatic carbocycles. The number of hydrogen-bond acceptors (Lipinski definition) is 6. The molecule has 0 saturated heterocycles. The standard InChI is InChI=1S/C10H13FN2O6/c11-4-1-13(10(19)12-9(4)18)5-6(15)3(2-14)7(16)8(5)17/h1,3,5-8,14-17H,2H2,(H,12,18,19). The Morgan fingerprint density at radius 2 is 1.84 bits per heavy atom. The van der Waals surface area contributed by atoms with Gasteiger partial charge in [-0.05, 0) is 0 Å². The van der Waals surface area contributed by atoms with Crippen LogP contribution in [0, 0.1) is 11.7 Å². The van der Waals surface area contributed by atoms with Crippen molar-refractivity contribution in [1.29, 1.82) is 0 Å². The lowest BCUT2D eigenvalue weighted by Gasteiger charge is -2.21. The minimum Gasteiger partial charge on any atom is -0.396 e. The molecule has 0 spiro atoms. The third-order valence-corrected chi connectivity index (χ3v) is 3.38. The number of rotatable bonds is 2. The molecule has 8 nitrogen and oxygen atoms in total. The molecule has 1 saturated carbocycles. The van der Waals surface area contributed by atoms with E-state index in [0.717, 1.165) is 0 Å². The summed E-state index contributed by atoms with van der Waals surface area (Å²) in [5, 5.41) is 38.3. The maximum absolute atomic E-state index is 13.2. The Morgan fingerprint density at radius 3 is 2.37 bits per heavy atom. The summed E-state index contributed by atoms with van der Waals surface area (Å²) in [7, 11) is 0. The van der Waals surface area contributed by atoms with E-state index in [1.54, 1.807) is 4.98 Å². The summed E-state index contributed by atoms with van der Waals surface area (Å²) in [4.78, 5) is 24.1. The molecule has 0 amide bonds. The van der Waals surface area contributed by atoms with Crippen LogP contribution in [0.3, 0.4) is 0 Å². The molecule has 0 aliphatic heterocycles. The van der Waals surface area contributed by atoms with Crippen molar-refractivity contribution in [1.82, 2.24) is 9.55 Å². The van der Waals surface area contributed by atoms with E-state index in [2.05, 4.69) is 0 Å². The van der Waals surface area contributed by atoms with Crippen molar-refractivity contribution in [3.8, 4) is 0 Å². The highest BCUT2D eigenvalue weighted by atomic mass is 19.1. The Morgan fingerprint density at radius 1 is 1.21 bits per heavy atom. The van der Waals surface area contributed by atoms with Crippen molar-refractivity contribution >= 4 is 0 Å². The lowest BCUT2D eigenvalue weighted by molar-refractivity contribution is -0.00813. The van der Waals surface area contributed by atoms with Crippen molar-refractivity contribution in [2.45, 2.75) is 24.4 Å². The van der Waals surface area contributed by atoms with E-state index in [0.29, 0.717) is 10.8 Å². The highest BCUT2D eigenvalue weighted by Gasteiger charge is 2.49. The van der Waals surface area contributed by atoms with Crippen molar-refractivity contribution < 1.29 is 24.8 Å². The van der Waals surface area contributed by atoms with Crippen molar-refractivity contribution in [3.63, 3.8) is 0 Å². The van der Waals surface area contributed by atoms with Gasteiger partial charge in [0.15, 0.2) is 0 Å². The molecule has 5 unspecified atom stereocenters. The molecule has 0 bridgehead atoms. The van der Waals surface area contributed by atoms with Crippen molar-refractivity contribution in [3.05, 3.63) is 32.9 Å². The molecule has 9 heteroatoms. The maximum Gasteiger partial charge on any atom is 0.328 e. The molecular formula is C10H13FN2O6. The fraction of sp³-hybridized carbons (Fsp3) is 0.600. The van der Waals surface area contributed by atoms with E-state index in [9.17, 15) is 29.3 Å². The number of nitrogens with zero attached hydrogens (tertiary/aromatic N) is 1. The second-order valence-electron chi connectivity index (χ2n) is 4.45. The van der Waals surface area contributed by atoms with Gasteiger partial charge in [-0.2, -0.15) is 4.39 Å². The van der Waals surface area contributed by atoms with Crippen LogP contribution in [-0.2, 0) is 0 Å². The van der Waals surface area contributed by atoms with Crippen LogP contribution < -0.4 is 11.2 Å². The predicted octanol–water partition coefficient (Wildman–Crippen LogP) is -3.08. The molecule has 2 rings (SSSR count). The first kappa shape index (κ1) is 13.9. The first-order valence-electron chi connectivity index (χ1n) is 5.54. The molecule has 1 aromatic heterocycles. The van der Waals surface area contributed by atoms with Gasteiger partial charge in [0.2, 0.25) is 5.82 Å². The normalized spacial score (nSPS) is 34.7. The van der Waals surface area contributed by atoms with Crippen LogP contribution in [0.5, 0.6) is 0 Å². The summed E-state index contributed by atoms with van der Waals surface area (Å²) in [5.74, 6) is -2.33. The predicted molar refractivity (Wildman–Crippen MR) is 58.9 cm³/mol. The number of aliphatic hydroxyl groups excluding tert-OH is 4. The van der Waals surface area contributed by atoms with Crippen molar-refractivity contribution in [2.24, 2.45) is 5.92 Å². The highest BCUT2D eigenvalue weighted by molar-refractivity contribution is 5.03. The monoisotopic (exact) mass is 276 g/mol. The molecule has 1 fully saturated rings. The van der Waals surface area contributed by atoms with Gasteiger partial charge in [0.25, 0.3) is 5.56 Å². The van der Waals surface area contributed by atoms with Gasteiger partial charge in [0.1, 0.15) is 6.10 Å². The fourth-order valence-corrected chi connectivity index (χ4v) is 2.34. The minimum absolute atomic E-state index is 0.546. The van der Waals surface area contributed by atoms with Crippen LogP contribution in [0.2, 0.25) is 0 Å². The molecule has 106 valence electrons. The van der Waals surface area contributed by atoms with Gasteiger partial charge in [0, 0.05) is 5.92 Å². The summed E-state index contributed by atoms with van der Waals surface area (Å²) < 4.78 is 13.8. The van der Waals surface area contributed by atoms with Gasteiger partial charge in [-0.1, -0.05) is 0 Å². The van der Waals surface area contributed by atoms with Gasteiger partial charge in [0.05, 0.1) is 31.1 Å². The quantitative estimate of drug-likeness (QED) is 0.389. The zero-order chi connectivity index (χ0) is 14.3. The van der Waals surface area contributed by atoms with Crippen LogP contribution in [-0.4, -0.2) is 54.9 Å². The molecule has 0 radical (unpaired) electrons. The lowest BCUT2D eigenvalue weighted by Crippen LogP contribution is -2.40. The first-order valence-corrected chi connectivity index (χ1v) is 5.54. The molecule has 5 atom stereocenters. The molecule has 1 aliphatic rings. The SMILES string of the molecule is O=c1[nH]c(=O)n(C2C(O)C(O)C(CO)C2O)cc1F. The van der Waals surface area contributed by atoms with Gasteiger partial charge in [-0.15, -0.1) is 0 Å². The number of hydrogen-bond donors (Lipinski definition) is 5. The van der Waals surface area contributed by atoms with E-state index in [1.165, 1.54) is 0 Å². The van der Waals surface area contributed by atoms with E-state index in [4.69, 9.17) is 5.11 Å². The number of nitrogens with one attached hydrogen (secondary N) is 1. The molecule has 1 aromatic rings. The zero-order valence-corrected chi connectivity index (χ0v) is 9.60. The Kier molecular flexibility index (Phi) is 3.54. The number of H-pyrrole nitrogens is 1. The van der Waals surface area contributed by atoms with Crippen LogP contribution in [0.25, 0.3) is 0 Å². The maximum atomic E-state index is 13.2. The third kappa shape index (κ3) is 2.10. The molecule has 1 heterocycles. The van der Waals surface area contributed by atoms with E-state index < -0.39 is 53.9 Å². The second kappa shape index (κ2) is 4.85. The number of aromatic nitrogens is 2. The zero-order valence-electron chi connectivity index (χ0n) is 9.60. The highest BCUT2D eigenvalue weighted by Crippen LogP contribution is 2.34. The van der Waals surface area contributed by atoms with Crippen LogP contribution in [0.1, 0.15) is 6.04 Å². The first-order chi connectivity index (χ1) is 8.88. The Labute approximate surface area is 105 Å². The smallest absolute Gasteiger partial charge is 0.328 e. The fourth-order valence-electron chi connectivity index (χ4n) is 2.34. The third-order valence-electron chi connectivity index (χ3n) is 3.38. The molecular weight excluding hydrogens is 263 g/mol. The average molecular weight is 276 g/mol. The van der Waals surface area contributed by atoms with E-state index >= 15 is 0 Å². The van der Waals surface area contributed by atoms with Gasteiger partial charge < -0.3 is 20.4 Å². The number of halogens is 1. The summed E-state index contributed by atoms with van der Waals surface area (Å²) in [6.07, 6.45) is -3.95. The number of aromatic amines is 1. The topological polar surface area (TPSA) is 136 Å². The second-order valence-corrected chi connectivity index (χ2v) is 4.45. The minimum atomic E-state index is -1.57. The Hall–Kier alpha value is -1.55. The average Bonchev–Trinajstić information content (AvgIpc) is 2.56. The largest absolute Gasteiger partial charge is 0.396 e. The van der Waals surface area contributed by atoms with Gasteiger partial charge in [-0.25, -0.2) is 4.79 Å². The van der Waals surface area contributed by atoms with Crippen LogP contribution in [0.15, 0.2) is 15.8 Å². The Balaban J connectivity index is 2.50. The molecule has 0 aromatic carbocycles. The van der Waals surface area contributed by atoms with E-state index in [1.807, 2.05) is 0 Å². The van der Waals surface area contributed by atoms with Crippen LogP contribution >= 0.6 is 0 Å². The van der Waals surface area contributed by atoms with E-state index in [-0.39, 0.29) is 0 Å². The van der Waals surface area contributed by atoms with Gasteiger partial charge >= 0.3 is 5.69 Å².